The zero-order valence-electron chi connectivity index (χ0n) is 8.70. The van der Waals surface area contributed by atoms with Crippen LogP contribution in [0.25, 0.3) is 0 Å². The molecule has 0 aliphatic carbocycles. The number of carbonyl (C=O) groups excluding carboxylic acids is 1. The van der Waals surface area contributed by atoms with Crippen LogP contribution in [0.15, 0.2) is 18.2 Å². The first-order valence-corrected chi connectivity index (χ1v) is 5.09. The van der Waals surface area contributed by atoms with E-state index in [0.717, 1.165) is 0 Å². The summed E-state index contributed by atoms with van der Waals surface area (Å²) < 4.78 is 13.1. The number of benzene rings is 1. The van der Waals surface area contributed by atoms with Gasteiger partial charge in [-0.1, -0.05) is 17.7 Å². The molecule has 1 aromatic carbocycles. The minimum absolute atomic E-state index is 0.0395. The Bertz CT molecular complexity index is 442. The van der Waals surface area contributed by atoms with Crippen LogP contribution in [0.5, 0.6) is 0 Å². The summed E-state index contributed by atoms with van der Waals surface area (Å²) >= 11 is 5.68. The van der Waals surface area contributed by atoms with Crippen molar-refractivity contribution in [3.63, 3.8) is 0 Å². The Morgan fingerprint density at radius 2 is 2.31 bits per heavy atom. The van der Waals surface area contributed by atoms with Gasteiger partial charge in [-0.15, -0.1) is 0 Å². The summed E-state index contributed by atoms with van der Waals surface area (Å²) in [6.45, 7) is 2.07. The molecule has 1 amide bonds. The molecule has 1 aromatic rings. The fourth-order valence-corrected chi connectivity index (χ4v) is 1.46. The molecular weight excluding hydrogens is 231 g/mol. The molecule has 0 aliphatic heterocycles. The van der Waals surface area contributed by atoms with Crippen molar-refractivity contribution < 1.29 is 9.18 Å². The minimum Gasteiger partial charge on any atom is -0.326 e. The highest BCUT2D eigenvalue weighted by Gasteiger charge is 2.18. The van der Waals surface area contributed by atoms with Gasteiger partial charge in [0.1, 0.15) is 12.4 Å². The lowest BCUT2D eigenvalue weighted by atomic mass is 10.2. The molecule has 0 saturated heterocycles. The van der Waals surface area contributed by atoms with Crippen LogP contribution in [0, 0.1) is 17.1 Å². The second-order valence-corrected chi connectivity index (χ2v) is 3.46. The van der Waals surface area contributed by atoms with Gasteiger partial charge < -0.3 is 4.90 Å². The molecule has 84 valence electrons. The molecule has 0 aromatic heterocycles. The number of hydrogen-bond donors (Lipinski definition) is 0. The first-order chi connectivity index (χ1) is 7.61. The van der Waals surface area contributed by atoms with E-state index in [1.807, 2.05) is 6.07 Å². The van der Waals surface area contributed by atoms with Crippen molar-refractivity contribution in [1.82, 2.24) is 4.90 Å². The van der Waals surface area contributed by atoms with E-state index in [4.69, 9.17) is 16.9 Å². The maximum absolute atomic E-state index is 13.1. The van der Waals surface area contributed by atoms with Gasteiger partial charge in [0.2, 0.25) is 0 Å². The van der Waals surface area contributed by atoms with Gasteiger partial charge in [0.05, 0.1) is 16.7 Å². The number of carbonyl (C=O) groups is 1. The average Bonchev–Trinajstić information content (AvgIpc) is 2.29. The molecule has 16 heavy (non-hydrogen) atoms. The van der Waals surface area contributed by atoms with E-state index in [-0.39, 0.29) is 17.1 Å². The number of nitrogens with zero attached hydrogens (tertiary/aromatic N) is 2. The number of hydrogen-bond acceptors (Lipinski definition) is 2. The van der Waals surface area contributed by atoms with Crippen molar-refractivity contribution in [2.24, 2.45) is 0 Å². The molecule has 0 heterocycles. The highest BCUT2D eigenvalue weighted by molar-refractivity contribution is 6.34. The lowest BCUT2D eigenvalue weighted by Gasteiger charge is -2.17. The number of amides is 1. The van der Waals surface area contributed by atoms with Crippen molar-refractivity contribution in [3.05, 3.63) is 34.6 Å². The van der Waals surface area contributed by atoms with Crippen LogP contribution in [0.1, 0.15) is 17.3 Å². The molecule has 0 spiro atoms. The van der Waals surface area contributed by atoms with Crippen molar-refractivity contribution in [3.8, 4) is 6.07 Å². The molecule has 0 N–H and O–H groups in total. The van der Waals surface area contributed by atoms with Crippen molar-refractivity contribution in [2.75, 3.05) is 13.1 Å². The van der Waals surface area contributed by atoms with Gasteiger partial charge >= 0.3 is 0 Å². The van der Waals surface area contributed by atoms with E-state index in [1.54, 1.807) is 6.92 Å². The third-order valence-corrected chi connectivity index (χ3v) is 2.50. The Labute approximate surface area is 98.0 Å². The maximum atomic E-state index is 13.1. The predicted molar refractivity (Wildman–Crippen MR) is 58.6 cm³/mol. The Morgan fingerprint density at radius 3 is 2.88 bits per heavy atom. The fraction of sp³-hybridized carbons (Fsp3) is 0.273. The van der Waals surface area contributed by atoms with Crippen LogP contribution in [0.2, 0.25) is 5.02 Å². The van der Waals surface area contributed by atoms with E-state index < -0.39 is 11.7 Å². The van der Waals surface area contributed by atoms with Gasteiger partial charge in [0, 0.05) is 6.54 Å². The van der Waals surface area contributed by atoms with E-state index in [0.29, 0.717) is 6.54 Å². The molecule has 0 radical (unpaired) electrons. The first kappa shape index (κ1) is 12.5. The average molecular weight is 241 g/mol. The summed E-state index contributed by atoms with van der Waals surface area (Å²) in [5, 5.41) is 8.33. The third-order valence-electron chi connectivity index (χ3n) is 2.11. The largest absolute Gasteiger partial charge is 0.326 e. The molecule has 0 bridgehead atoms. The van der Waals surface area contributed by atoms with Gasteiger partial charge in [-0.25, -0.2) is 4.39 Å². The molecule has 0 fully saturated rings. The smallest absolute Gasteiger partial charge is 0.256 e. The van der Waals surface area contributed by atoms with E-state index >= 15 is 0 Å². The Balaban J connectivity index is 3.05. The summed E-state index contributed by atoms with van der Waals surface area (Å²) in [6.07, 6.45) is 0. The second kappa shape index (κ2) is 5.47. The SMILES string of the molecule is CCN(CC#N)C(=O)c1cccc(F)c1Cl. The summed E-state index contributed by atoms with van der Waals surface area (Å²) in [4.78, 5) is 13.2. The maximum Gasteiger partial charge on any atom is 0.256 e. The van der Waals surface area contributed by atoms with Gasteiger partial charge in [0.25, 0.3) is 5.91 Å². The van der Waals surface area contributed by atoms with E-state index in [9.17, 15) is 9.18 Å². The van der Waals surface area contributed by atoms with Crippen LogP contribution in [-0.4, -0.2) is 23.9 Å². The number of nitriles is 1. The Kier molecular flexibility index (Phi) is 4.27. The van der Waals surface area contributed by atoms with Crippen LogP contribution < -0.4 is 0 Å². The first-order valence-electron chi connectivity index (χ1n) is 4.72. The van der Waals surface area contributed by atoms with Crippen LogP contribution in [0.3, 0.4) is 0 Å². The standard InChI is InChI=1S/C11H10ClFN2O/c1-2-15(7-6-14)11(16)8-4-3-5-9(13)10(8)12/h3-5H,2,7H2,1H3. The molecule has 0 aliphatic rings. The molecule has 0 atom stereocenters. The quantitative estimate of drug-likeness (QED) is 0.762. The summed E-state index contributed by atoms with van der Waals surface area (Å²) in [6, 6.07) is 5.90. The van der Waals surface area contributed by atoms with Crippen LogP contribution >= 0.6 is 11.6 Å². The summed E-state index contributed by atoms with van der Waals surface area (Å²) in [5.41, 5.74) is 0.0822. The number of halogens is 2. The zero-order chi connectivity index (χ0) is 12.1. The molecule has 0 saturated carbocycles. The molecule has 5 heteroatoms. The van der Waals surface area contributed by atoms with Crippen molar-refractivity contribution in [2.45, 2.75) is 6.92 Å². The van der Waals surface area contributed by atoms with Crippen LogP contribution in [-0.2, 0) is 0 Å². The van der Waals surface area contributed by atoms with E-state index in [2.05, 4.69) is 0 Å². The van der Waals surface area contributed by atoms with Gasteiger partial charge in [-0.05, 0) is 19.1 Å². The lowest BCUT2D eigenvalue weighted by Crippen LogP contribution is -2.31. The topological polar surface area (TPSA) is 44.1 Å². The summed E-state index contributed by atoms with van der Waals surface area (Å²) in [5.74, 6) is -1.07. The molecule has 0 unspecified atom stereocenters. The number of rotatable bonds is 3. The predicted octanol–water partition coefficient (Wildman–Crippen LogP) is 2.46. The Hall–Kier alpha value is -1.60. The highest BCUT2D eigenvalue weighted by Crippen LogP contribution is 2.20. The summed E-state index contributed by atoms with van der Waals surface area (Å²) in [7, 11) is 0. The third kappa shape index (κ3) is 2.50. The van der Waals surface area contributed by atoms with Gasteiger partial charge in [-0.2, -0.15) is 5.26 Å². The molecule has 3 nitrogen and oxygen atoms in total. The van der Waals surface area contributed by atoms with Gasteiger partial charge in [-0.3, -0.25) is 4.79 Å². The normalized spacial score (nSPS) is 9.62. The van der Waals surface area contributed by atoms with Crippen molar-refractivity contribution in [1.29, 1.82) is 5.26 Å². The second-order valence-electron chi connectivity index (χ2n) is 3.08. The molecular formula is C11H10ClFN2O. The van der Waals surface area contributed by atoms with Crippen molar-refractivity contribution >= 4 is 17.5 Å². The van der Waals surface area contributed by atoms with Gasteiger partial charge in [0.15, 0.2) is 0 Å². The lowest BCUT2D eigenvalue weighted by molar-refractivity contribution is 0.0784. The molecule has 1 rings (SSSR count). The zero-order valence-corrected chi connectivity index (χ0v) is 9.46. The fourth-order valence-electron chi connectivity index (χ4n) is 1.25. The van der Waals surface area contributed by atoms with E-state index in [1.165, 1.54) is 23.1 Å². The highest BCUT2D eigenvalue weighted by atomic mass is 35.5. The minimum atomic E-state index is -0.638. The monoisotopic (exact) mass is 240 g/mol. The van der Waals surface area contributed by atoms with Crippen LogP contribution in [0.4, 0.5) is 4.39 Å². The Morgan fingerprint density at radius 1 is 1.62 bits per heavy atom.